The summed E-state index contributed by atoms with van der Waals surface area (Å²) < 4.78 is 10.9. The number of nitrogens with one attached hydrogen (secondary N) is 2. The number of ether oxygens (including phenoxy) is 1. The fourth-order valence-corrected chi connectivity index (χ4v) is 4.55. The molecular weight excluding hydrogens is 354 g/mol. The van der Waals surface area contributed by atoms with Gasteiger partial charge in [-0.2, -0.15) is 0 Å². The van der Waals surface area contributed by atoms with Crippen molar-refractivity contribution < 1.29 is 9.26 Å². The molecule has 1 aliphatic heterocycles. The first-order valence-electron chi connectivity index (χ1n) is 10.9. The van der Waals surface area contributed by atoms with Crippen molar-refractivity contribution in [2.45, 2.75) is 64.8 Å². The molecule has 1 saturated carbocycles. The van der Waals surface area contributed by atoms with Gasteiger partial charge in [0.1, 0.15) is 5.76 Å². The molecule has 2 N–H and O–H groups in total. The molecule has 7 nitrogen and oxygen atoms in total. The van der Waals surface area contributed by atoms with E-state index in [4.69, 9.17) is 14.3 Å². The number of hydrogen-bond acceptors (Lipinski definition) is 5. The number of morpholine rings is 1. The number of nitrogens with zero attached hydrogens (tertiary/aromatic N) is 3. The van der Waals surface area contributed by atoms with Crippen LogP contribution in [0.1, 0.15) is 56.0 Å². The zero-order chi connectivity index (χ0) is 19.8. The minimum absolute atomic E-state index is 0.200. The summed E-state index contributed by atoms with van der Waals surface area (Å²) in [7, 11) is 0. The summed E-state index contributed by atoms with van der Waals surface area (Å²) in [5.41, 5.74) is 2.38. The van der Waals surface area contributed by atoms with E-state index >= 15 is 0 Å². The first kappa shape index (κ1) is 21.1. The van der Waals surface area contributed by atoms with Gasteiger partial charge in [0.25, 0.3) is 0 Å². The third kappa shape index (κ3) is 5.26. The fourth-order valence-electron chi connectivity index (χ4n) is 4.55. The maximum Gasteiger partial charge on any atom is 0.191 e. The van der Waals surface area contributed by atoms with Gasteiger partial charge in [-0.05, 0) is 40.0 Å². The van der Waals surface area contributed by atoms with Crippen LogP contribution in [0, 0.1) is 13.8 Å². The molecule has 7 heteroatoms. The minimum atomic E-state index is 0.200. The predicted molar refractivity (Wildman–Crippen MR) is 112 cm³/mol. The molecule has 0 atom stereocenters. The van der Waals surface area contributed by atoms with Gasteiger partial charge in [0.15, 0.2) is 5.96 Å². The van der Waals surface area contributed by atoms with E-state index in [1.54, 1.807) is 0 Å². The van der Waals surface area contributed by atoms with Gasteiger partial charge in [-0.3, -0.25) is 9.89 Å². The number of rotatable bonds is 7. The van der Waals surface area contributed by atoms with Crippen molar-refractivity contribution in [3.05, 3.63) is 17.0 Å². The average molecular weight is 392 g/mol. The third-order valence-corrected chi connectivity index (χ3v) is 6.19. The maximum absolute atomic E-state index is 5.59. The third-order valence-electron chi connectivity index (χ3n) is 6.19. The summed E-state index contributed by atoms with van der Waals surface area (Å²) in [6, 6.07) is 0. The van der Waals surface area contributed by atoms with E-state index in [0.717, 1.165) is 69.8 Å². The van der Waals surface area contributed by atoms with E-state index in [9.17, 15) is 0 Å². The van der Waals surface area contributed by atoms with Crippen LogP contribution in [0.15, 0.2) is 9.52 Å². The van der Waals surface area contributed by atoms with Crippen LogP contribution in [-0.4, -0.2) is 67.5 Å². The highest BCUT2D eigenvalue weighted by Crippen LogP contribution is 2.34. The van der Waals surface area contributed by atoms with Gasteiger partial charge in [0.2, 0.25) is 0 Å². The molecule has 0 radical (unpaired) electrons. The summed E-state index contributed by atoms with van der Waals surface area (Å²) in [5, 5.41) is 11.0. The molecule has 3 rings (SSSR count). The largest absolute Gasteiger partial charge is 0.379 e. The number of guanidine groups is 1. The number of aromatic nitrogens is 1. The lowest BCUT2D eigenvalue weighted by Crippen LogP contribution is -2.56. The van der Waals surface area contributed by atoms with Crippen LogP contribution >= 0.6 is 0 Å². The quantitative estimate of drug-likeness (QED) is 0.549. The molecule has 158 valence electrons. The summed E-state index contributed by atoms with van der Waals surface area (Å²) in [6.07, 6.45) is 7.35. The van der Waals surface area contributed by atoms with Crippen molar-refractivity contribution in [2.75, 3.05) is 45.9 Å². The molecule has 0 spiro atoms. The molecule has 0 amide bonds. The highest BCUT2D eigenvalue weighted by atomic mass is 16.5. The Balaban J connectivity index is 1.62. The zero-order valence-electron chi connectivity index (χ0n) is 17.9. The molecule has 0 aromatic carbocycles. The Hall–Kier alpha value is -1.60. The van der Waals surface area contributed by atoms with Crippen LogP contribution in [0.2, 0.25) is 0 Å². The van der Waals surface area contributed by atoms with E-state index in [2.05, 4.69) is 27.6 Å². The van der Waals surface area contributed by atoms with Gasteiger partial charge < -0.3 is 19.9 Å². The number of aliphatic imine (C=N–C) groups is 1. The monoisotopic (exact) mass is 391 g/mol. The van der Waals surface area contributed by atoms with Crippen LogP contribution in [0.4, 0.5) is 0 Å². The lowest BCUT2D eigenvalue weighted by molar-refractivity contribution is -0.0333. The standard InChI is InChI=1S/C21H37N5O2/c1-4-22-20(23-11-8-19-17(2)25-28-18(19)3)24-16-21(9-6-5-7-10-21)26-12-14-27-15-13-26/h4-16H2,1-3H3,(H2,22,23,24). The summed E-state index contributed by atoms with van der Waals surface area (Å²) >= 11 is 0. The molecule has 28 heavy (non-hydrogen) atoms. The molecule has 0 unspecified atom stereocenters. The fraction of sp³-hybridized carbons (Fsp3) is 0.810. The van der Waals surface area contributed by atoms with Crippen molar-refractivity contribution in [3.63, 3.8) is 0 Å². The molecule has 1 aromatic heterocycles. The van der Waals surface area contributed by atoms with Crippen LogP contribution in [-0.2, 0) is 11.2 Å². The smallest absolute Gasteiger partial charge is 0.191 e. The Morgan fingerprint density at radius 3 is 2.54 bits per heavy atom. The van der Waals surface area contributed by atoms with Crippen molar-refractivity contribution in [1.82, 2.24) is 20.7 Å². The predicted octanol–water partition coefficient (Wildman–Crippen LogP) is 2.42. The van der Waals surface area contributed by atoms with Crippen LogP contribution in [0.25, 0.3) is 0 Å². The maximum atomic E-state index is 5.59. The van der Waals surface area contributed by atoms with Crippen molar-refractivity contribution >= 4 is 5.96 Å². The lowest BCUT2D eigenvalue weighted by atomic mass is 9.80. The normalized spacial score (nSPS) is 20.9. The Morgan fingerprint density at radius 2 is 1.89 bits per heavy atom. The molecule has 1 saturated heterocycles. The van der Waals surface area contributed by atoms with E-state index in [1.165, 1.54) is 37.7 Å². The van der Waals surface area contributed by atoms with E-state index in [1.807, 2.05) is 13.8 Å². The van der Waals surface area contributed by atoms with E-state index < -0.39 is 0 Å². The number of hydrogen-bond donors (Lipinski definition) is 2. The second kappa shape index (κ2) is 10.3. The Labute approximate surface area is 169 Å². The van der Waals surface area contributed by atoms with Gasteiger partial charge >= 0.3 is 0 Å². The first-order chi connectivity index (χ1) is 13.6. The van der Waals surface area contributed by atoms with Crippen molar-refractivity contribution in [2.24, 2.45) is 4.99 Å². The van der Waals surface area contributed by atoms with Crippen LogP contribution < -0.4 is 10.6 Å². The van der Waals surface area contributed by atoms with Crippen LogP contribution in [0.3, 0.4) is 0 Å². The first-order valence-corrected chi connectivity index (χ1v) is 10.9. The Morgan fingerprint density at radius 1 is 1.14 bits per heavy atom. The van der Waals surface area contributed by atoms with Gasteiger partial charge in [0, 0.05) is 37.3 Å². The topological polar surface area (TPSA) is 74.9 Å². The average Bonchev–Trinajstić information content (AvgIpc) is 3.05. The Bertz CT molecular complexity index is 611. The summed E-state index contributed by atoms with van der Waals surface area (Å²) in [5.74, 6) is 1.82. The van der Waals surface area contributed by atoms with Crippen molar-refractivity contribution in [1.29, 1.82) is 0 Å². The second-order valence-corrected chi connectivity index (χ2v) is 8.06. The van der Waals surface area contributed by atoms with Crippen LogP contribution in [0.5, 0.6) is 0 Å². The van der Waals surface area contributed by atoms with Gasteiger partial charge in [-0.15, -0.1) is 0 Å². The highest BCUT2D eigenvalue weighted by molar-refractivity contribution is 5.79. The highest BCUT2D eigenvalue weighted by Gasteiger charge is 2.38. The molecule has 2 aliphatic rings. The van der Waals surface area contributed by atoms with E-state index in [0.29, 0.717) is 0 Å². The van der Waals surface area contributed by atoms with Gasteiger partial charge in [0.05, 0.1) is 25.5 Å². The molecule has 0 bridgehead atoms. The molecule has 1 aromatic rings. The molecule has 1 aliphatic carbocycles. The SMILES string of the molecule is CCNC(=NCC1(N2CCOCC2)CCCCC1)NCCc1c(C)noc1C. The Kier molecular flexibility index (Phi) is 7.73. The molecule has 2 heterocycles. The summed E-state index contributed by atoms with van der Waals surface area (Å²) in [6.45, 7) is 12.4. The lowest BCUT2D eigenvalue weighted by Gasteiger charge is -2.47. The minimum Gasteiger partial charge on any atom is -0.379 e. The van der Waals surface area contributed by atoms with Gasteiger partial charge in [-0.25, -0.2) is 0 Å². The summed E-state index contributed by atoms with van der Waals surface area (Å²) in [4.78, 5) is 7.67. The molecule has 2 fully saturated rings. The van der Waals surface area contributed by atoms with Gasteiger partial charge in [-0.1, -0.05) is 24.4 Å². The van der Waals surface area contributed by atoms with E-state index in [-0.39, 0.29) is 5.54 Å². The second-order valence-electron chi connectivity index (χ2n) is 8.06. The van der Waals surface area contributed by atoms with Crippen molar-refractivity contribution in [3.8, 4) is 0 Å². The molecular formula is C21H37N5O2. The zero-order valence-corrected chi connectivity index (χ0v) is 17.9. The number of aryl methyl sites for hydroxylation is 2.